The molecule has 0 saturated carbocycles. The van der Waals surface area contributed by atoms with Crippen LogP contribution in [0.4, 0.5) is 0 Å². The van der Waals surface area contributed by atoms with Crippen molar-refractivity contribution in [3.05, 3.63) is 103 Å². The zero-order valence-corrected chi connectivity index (χ0v) is 21.7. The molecule has 2 aromatic heterocycles. The van der Waals surface area contributed by atoms with E-state index in [1.807, 2.05) is 43.3 Å². The molecule has 0 radical (unpaired) electrons. The van der Waals surface area contributed by atoms with Crippen LogP contribution in [0.1, 0.15) is 17.4 Å². The molecular weight excluding hydrogens is 517 g/mol. The van der Waals surface area contributed by atoms with Crippen LogP contribution >= 0.6 is 44.3 Å². The molecule has 8 heteroatoms. The van der Waals surface area contributed by atoms with Crippen LogP contribution in [-0.4, -0.2) is 10.2 Å². The Morgan fingerprint density at radius 3 is 2.23 bits per heavy atom. The molecule has 2 heterocycles. The van der Waals surface area contributed by atoms with Gasteiger partial charge in [0.05, 0.1) is 9.58 Å². The van der Waals surface area contributed by atoms with Crippen molar-refractivity contribution >= 4 is 86.4 Å². The second-order valence-corrected chi connectivity index (χ2v) is 12.3. The van der Waals surface area contributed by atoms with E-state index in [2.05, 4.69) is 6.58 Å². The van der Waals surface area contributed by atoms with E-state index < -0.39 is 0 Å². The van der Waals surface area contributed by atoms with Crippen molar-refractivity contribution in [3.63, 3.8) is 0 Å². The van der Waals surface area contributed by atoms with Crippen LogP contribution in [0.5, 0.6) is 5.75 Å². The van der Waals surface area contributed by atoms with Gasteiger partial charge in [0.15, 0.2) is 10.9 Å². The highest BCUT2D eigenvalue weighted by atomic mass is 33.1. The summed E-state index contributed by atoms with van der Waals surface area (Å²) in [6.07, 6.45) is 1.75. The molecule has 3 aromatic carbocycles. The number of allylic oxidation sites excluding steroid dienone is 1. The zero-order chi connectivity index (χ0) is 24.7. The van der Waals surface area contributed by atoms with E-state index >= 15 is 0 Å². The lowest BCUT2D eigenvalue weighted by Crippen LogP contribution is -2.07. The van der Waals surface area contributed by atoms with Gasteiger partial charge in [0, 0.05) is 36.0 Å². The minimum absolute atomic E-state index is 0.0668. The number of phenols is 1. The topological polar surface area (TPSA) is 74.6 Å². The van der Waals surface area contributed by atoms with E-state index in [9.17, 15) is 19.8 Å². The number of fused-ring (bicyclic) bond motifs is 3. The van der Waals surface area contributed by atoms with Gasteiger partial charge in [0.25, 0.3) is 0 Å². The predicted molar refractivity (Wildman–Crippen MR) is 154 cm³/mol. The molecule has 0 unspecified atom stereocenters. The van der Waals surface area contributed by atoms with E-state index in [1.54, 1.807) is 30.3 Å². The Morgan fingerprint density at radius 2 is 1.54 bits per heavy atom. The summed E-state index contributed by atoms with van der Waals surface area (Å²) in [6.45, 7) is 5.50. The lowest BCUT2D eigenvalue weighted by molar-refractivity contribution is 0.481. The first-order chi connectivity index (χ1) is 16.8. The first-order valence-corrected chi connectivity index (χ1v) is 14.3. The van der Waals surface area contributed by atoms with Crippen molar-refractivity contribution in [2.75, 3.05) is 0 Å². The molecule has 0 amide bonds. The summed E-state index contributed by atoms with van der Waals surface area (Å²) in [6, 6.07) is 18.1. The van der Waals surface area contributed by atoms with Crippen molar-refractivity contribution in [2.24, 2.45) is 0 Å². The summed E-state index contributed by atoms with van der Waals surface area (Å²) in [5.74, 6) is -0.0809. The summed E-state index contributed by atoms with van der Waals surface area (Å²) in [5, 5.41) is 22.5. The molecule has 174 valence electrons. The third-order valence-electron chi connectivity index (χ3n) is 5.34. The van der Waals surface area contributed by atoms with Gasteiger partial charge in [0.2, 0.25) is 0 Å². The standard InChI is InChI=1S/C27H18O4S4/c1-14(11-19-24(30)17-7-3-5-9-22(17)32-26(19)15(2)28)34-35-16-12-20-25(31)18-8-4-6-10-23(18)33-27(20)21(29)13-16/h3-13,28-29H,2H2,1H3/b14-11+. The number of aliphatic hydroxyl groups excluding tert-OH is 1. The van der Waals surface area contributed by atoms with Gasteiger partial charge >= 0.3 is 0 Å². The van der Waals surface area contributed by atoms with E-state index in [1.165, 1.54) is 44.3 Å². The molecule has 35 heavy (non-hydrogen) atoms. The molecule has 0 aliphatic rings. The minimum atomic E-state index is -0.165. The van der Waals surface area contributed by atoms with Gasteiger partial charge in [-0.3, -0.25) is 9.59 Å². The van der Waals surface area contributed by atoms with Gasteiger partial charge < -0.3 is 10.2 Å². The second kappa shape index (κ2) is 9.54. The number of aliphatic hydroxyl groups is 1. The fourth-order valence-corrected chi connectivity index (χ4v) is 7.67. The van der Waals surface area contributed by atoms with Crippen molar-refractivity contribution in [2.45, 2.75) is 11.8 Å². The highest BCUT2D eigenvalue weighted by Crippen LogP contribution is 2.42. The van der Waals surface area contributed by atoms with Crippen LogP contribution in [-0.2, 0) is 0 Å². The van der Waals surface area contributed by atoms with Crippen molar-refractivity contribution < 1.29 is 10.2 Å². The fourth-order valence-electron chi connectivity index (χ4n) is 3.75. The molecule has 4 nitrogen and oxygen atoms in total. The Hall–Kier alpha value is -3.04. The molecule has 0 aliphatic carbocycles. The predicted octanol–water partition coefficient (Wildman–Crippen LogP) is 8.03. The molecule has 0 saturated heterocycles. The van der Waals surface area contributed by atoms with Crippen LogP contribution in [0.3, 0.4) is 0 Å². The highest BCUT2D eigenvalue weighted by molar-refractivity contribution is 8.78. The summed E-state index contributed by atoms with van der Waals surface area (Å²) < 4.78 is 2.18. The van der Waals surface area contributed by atoms with Gasteiger partial charge in [-0.15, -0.1) is 22.7 Å². The van der Waals surface area contributed by atoms with E-state index in [4.69, 9.17) is 0 Å². The maximum absolute atomic E-state index is 13.1. The Balaban J connectivity index is 1.50. The molecule has 5 aromatic rings. The van der Waals surface area contributed by atoms with E-state index in [0.717, 1.165) is 19.2 Å². The second-order valence-electron chi connectivity index (χ2n) is 7.78. The molecule has 0 bridgehead atoms. The fraction of sp³-hybridized carbons (Fsp3) is 0.0370. The molecule has 0 spiro atoms. The lowest BCUT2D eigenvalue weighted by Gasteiger charge is -2.08. The number of phenolic OH excluding ortho intramolecular Hbond substituents is 1. The average molecular weight is 535 g/mol. The number of benzene rings is 3. The molecular formula is C27H18O4S4. The summed E-state index contributed by atoms with van der Waals surface area (Å²) in [5.41, 5.74) is 0.120. The molecule has 0 fully saturated rings. The quantitative estimate of drug-likeness (QED) is 0.135. The largest absolute Gasteiger partial charge is 0.507 e. The third kappa shape index (κ3) is 4.50. The van der Waals surface area contributed by atoms with Crippen LogP contribution in [0.15, 0.2) is 86.6 Å². The molecule has 5 rings (SSSR count). The number of hydrogen-bond acceptors (Lipinski definition) is 8. The highest BCUT2D eigenvalue weighted by Gasteiger charge is 2.15. The number of hydrogen-bond donors (Lipinski definition) is 2. The van der Waals surface area contributed by atoms with Crippen LogP contribution in [0.25, 0.3) is 42.1 Å². The maximum Gasteiger partial charge on any atom is 0.196 e. The van der Waals surface area contributed by atoms with E-state index in [0.29, 0.717) is 31.3 Å². The lowest BCUT2D eigenvalue weighted by atomic mass is 10.1. The van der Waals surface area contributed by atoms with Crippen molar-refractivity contribution in [1.82, 2.24) is 0 Å². The zero-order valence-electron chi connectivity index (χ0n) is 18.4. The van der Waals surface area contributed by atoms with E-state index in [-0.39, 0.29) is 22.4 Å². The van der Waals surface area contributed by atoms with Crippen LogP contribution in [0, 0.1) is 0 Å². The molecule has 2 N–H and O–H groups in total. The summed E-state index contributed by atoms with van der Waals surface area (Å²) >= 11 is 2.71. The third-order valence-corrected chi connectivity index (χ3v) is 10.3. The molecule has 0 aliphatic heterocycles. The smallest absolute Gasteiger partial charge is 0.196 e. The summed E-state index contributed by atoms with van der Waals surface area (Å²) in [7, 11) is 2.79. The van der Waals surface area contributed by atoms with Gasteiger partial charge in [-0.05, 0) is 54.3 Å². The van der Waals surface area contributed by atoms with Crippen molar-refractivity contribution in [3.8, 4) is 5.75 Å². The number of rotatable bonds is 5. The van der Waals surface area contributed by atoms with Gasteiger partial charge in [-0.2, -0.15) is 0 Å². The number of aromatic hydroxyl groups is 1. The normalized spacial score (nSPS) is 12.0. The Morgan fingerprint density at radius 1 is 0.914 bits per heavy atom. The van der Waals surface area contributed by atoms with Crippen molar-refractivity contribution in [1.29, 1.82) is 0 Å². The van der Waals surface area contributed by atoms with Gasteiger partial charge in [-0.25, -0.2) is 0 Å². The minimum Gasteiger partial charge on any atom is -0.507 e. The average Bonchev–Trinajstić information content (AvgIpc) is 2.85. The molecule has 0 atom stereocenters. The van der Waals surface area contributed by atoms with Gasteiger partial charge in [0.1, 0.15) is 11.5 Å². The van der Waals surface area contributed by atoms with Crippen LogP contribution < -0.4 is 10.9 Å². The Kier molecular flexibility index (Phi) is 6.46. The van der Waals surface area contributed by atoms with Gasteiger partial charge in [-0.1, -0.05) is 52.4 Å². The van der Waals surface area contributed by atoms with Crippen LogP contribution in [0.2, 0.25) is 0 Å². The summed E-state index contributed by atoms with van der Waals surface area (Å²) in [4.78, 5) is 28.1. The first kappa shape index (κ1) is 23.7. The maximum atomic E-state index is 13.1. The SMILES string of the molecule is C=C(O)c1sc2ccccc2c(=O)c1/C=C(\C)SSc1cc(O)c2sc3ccccc3c(=O)c2c1. The Bertz CT molecular complexity index is 1800. The first-order valence-electron chi connectivity index (χ1n) is 10.5. The Labute approximate surface area is 216 Å². The monoisotopic (exact) mass is 534 g/mol.